The summed E-state index contributed by atoms with van der Waals surface area (Å²) in [5.41, 5.74) is 1.88. The lowest BCUT2D eigenvalue weighted by Crippen LogP contribution is -2.38. The van der Waals surface area contributed by atoms with Gasteiger partial charge in [-0.1, -0.05) is 43.7 Å². The Morgan fingerprint density at radius 2 is 1.53 bits per heavy atom. The molecular formula is C13H18F3N. The molecule has 1 N–H and O–H groups in total. The summed E-state index contributed by atoms with van der Waals surface area (Å²) >= 11 is 0. The molecule has 0 saturated heterocycles. The van der Waals surface area contributed by atoms with Crippen molar-refractivity contribution in [3.05, 3.63) is 35.4 Å². The fraction of sp³-hybridized carbons (Fsp3) is 0.538. The third kappa shape index (κ3) is 4.77. The van der Waals surface area contributed by atoms with Gasteiger partial charge in [-0.2, -0.15) is 13.2 Å². The summed E-state index contributed by atoms with van der Waals surface area (Å²) in [6.07, 6.45) is -4.15. The molecule has 96 valence electrons. The van der Waals surface area contributed by atoms with E-state index in [1.54, 1.807) is 0 Å². The van der Waals surface area contributed by atoms with E-state index in [-0.39, 0.29) is 5.41 Å². The molecule has 1 nitrogen and oxygen atoms in total. The van der Waals surface area contributed by atoms with Crippen molar-refractivity contribution in [1.82, 2.24) is 5.32 Å². The molecule has 0 spiro atoms. The smallest absolute Gasteiger partial charge is 0.308 e. The molecule has 17 heavy (non-hydrogen) atoms. The summed E-state index contributed by atoms with van der Waals surface area (Å²) < 4.78 is 36.1. The van der Waals surface area contributed by atoms with Crippen LogP contribution in [0, 0.1) is 6.92 Å². The van der Waals surface area contributed by atoms with E-state index in [4.69, 9.17) is 0 Å². The van der Waals surface area contributed by atoms with Crippen molar-refractivity contribution in [3.63, 3.8) is 0 Å². The van der Waals surface area contributed by atoms with Gasteiger partial charge in [0.2, 0.25) is 0 Å². The van der Waals surface area contributed by atoms with Crippen molar-refractivity contribution in [1.29, 1.82) is 0 Å². The van der Waals surface area contributed by atoms with E-state index in [0.29, 0.717) is 6.54 Å². The van der Waals surface area contributed by atoms with Crippen LogP contribution >= 0.6 is 0 Å². The van der Waals surface area contributed by atoms with Crippen LogP contribution < -0.4 is 5.32 Å². The predicted molar refractivity (Wildman–Crippen MR) is 63.1 cm³/mol. The second kappa shape index (κ2) is 5.08. The monoisotopic (exact) mass is 245 g/mol. The Bertz CT molecular complexity index is 352. The molecule has 0 aliphatic carbocycles. The summed E-state index contributed by atoms with van der Waals surface area (Å²) in [6, 6.07) is 7.87. The van der Waals surface area contributed by atoms with Crippen LogP contribution in [-0.2, 0) is 5.41 Å². The number of aryl methyl sites for hydroxylation is 1. The molecule has 0 radical (unpaired) electrons. The lowest BCUT2D eigenvalue weighted by Gasteiger charge is -2.26. The second-order valence-electron chi connectivity index (χ2n) is 4.97. The highest BCUT2D eigenvalue weighted by atomic mass is 19.4. The second-order valence-corrected chi connectivity index (χ2v) is 4.97. The molecular weight excluding hydrogens is 227 g/mol. The van der Waals surface area contributed by atoms with Crippen molar-refractivity contribution in [2.75, 3.05) is 13.1 Å². The molecule has 1 aromatic rings. The topological polar surface area (TPSA) is 12.0 Å². The highest BCUT2D eigenvalue weighted by Gasteiger charge is 2.28. The van der Waals surface area contributed by atoms with Gasteiger partial charge in [0, 0.05) is 12.0 Å². The lowest BCUT2D eigenvalue weighted by atomic mass is 9.84. The Morgan fingerprint density at radius 3 is 2.00 bits per heavy atom. The maximum absolute atomic E-state index is 12.0. The van der Waals surface area contributed by atoms with Crippen LogP contribution in [-0.4, -0.2) is 19.3 Å². The predicted octanol–water partition coefficient (Wildman–Crippen LogP) is 3.42. The number of hydrogen-bond donors (Lipinski definition) is 1. The SMILES string of the molecule is Cc1ccc(C(C)(C)CNCC(F)(F)F)cc1. The zero-order valence-corrected chi connectivity index (χ0v) is 10.4. The third-order valence-corrected chi connectivity index (χ3v) is 2.73. The van der Waals surface area contributed by atoms with Crippen molar-refractivity contribution in [3.8, 4) is 0 Å². The van der Waals surface area contributed by atoms with Crippen molar-refractivity contribution < 1.29 is 13.2 Å². The average molecular weight is 245 g/mol. The molecule has 1 aromatic carbocycles. The van der Waals surface area contributed by atoms with Gasteiger partial charge in [0.25, 0.3) is 0 Å². The summed E-state index contributed by atoms with van der Waals surface area (Å²) in [7, 11) is 0. The third-order valence-electron chi connectivity index (χ3n) is 2.73. The molecule has 0 atom stereocenters. The van der Waals surface area contributed by atoms with Crippen molar-refractivity contribution in [2.24, 2.45) is 0 Å². The van der Waals surface area contributed by atoms with Gasteiger partial charge in [0.1, 0.15) is 0 Å². The van der Waals surface area contributed by atoms with Gasteiger partial charge < -0.3 is 5.32 Å². The van der Waals surface area contributed by atoms with Crippen LogP contribution in [0.3, 0.4) is 0 Å². The molecule has 0 aliphatic heterocycles. The molecule has 0 amide bonds. The van der Waals surface area contributed by atoms with Gasteiger partial charge >= 0.3 is 6.18 Å². The number of hydrogen-bond acceptors (Lipinski definition) is 1. The van der Waals surface area contributed by atoms with Gasteiger partial charge in [-0.3, -0.25) is 0 Å². The van der Waals surface area contributed by atoms with E-state index in [1.165, 1.54) is 0 Å². The van der Waals surface area contributed by atoms with E-state index in [1.807, 2.05) is 45.0 Å². The quantitative estimate of drug-likeness (QED) is 0.857. The molecule has 1 rings (SSSR count). The molecule has 0 heterocycles. The maximum Gasteiger partial charge on any atom is 0.401 e. The standard InChI is InChI=1S/C13H18F3N/c1-10-4-6-11(7-5-10)12(2,3)8-17-9-13(14,15)16/h4-7,17H,8-9H2,1-3H3. The first-order chi connectivity index (χ1) is 7.71. The van der Waals surface area contributed by atoms with E-state index in [0.717, 1.165) is 11.1 Å². The number of halogens is 3. The lowest BCUT2D eigenvalue weighted by molar-refractivity contribution is -0.125. The largest absolute Gasteiger partial charge is 0.401 e. The zero-order valence-electron chi connectivity index (χ0n) is 10.4. The van der Waals surface area contributed by atoms with Crippen LogP contribution in [0.25, 0.3) is 0 Å². The van der Waals surface area contributed by atoms with E-state index in [9.17, 15) is 13.2 Å². The van der Waals surface area contributed by atoms with Crippen LogP contribution in [0.1, 0.15) is 25.0 Å². The Morgan fingerprint density at radius 1 is 1.00 bits per heavy atom. The minimum Gasteiger partial charge on any atom is -0.308 e. The first kappa shape index (κ1) is 14.0. The molecule has 0 fully saturated rings. The summed E-state index contributed by atoms with van der Waals surface area (Å²) in [5.74, 6) is 0. The van der Waals surface area contributed by atoms with Gasteiger partial charge in [0.05, 0.1) is 6.54 Å². The van der Waals surface area contributed by atoms with Crippen LogP contribution in [0.4, 0.5) is 13.2 Å². The van der Waals surface area contributed by atoms with Gasteiger partial charge in [-0.15, -0.1) is 0 Å². The number of benzene rings is 1. The highest BCUT2D eigenvalue weighted by molar-refractivity contribution is 5.27. The van der Waals surface area contributed by atoms with Crippen molar-refractivity contribution in [2.45, 2.75) is 32.4 Å². The highest BCUT2D eigenvalue weighted by Crippen LogP contribution is 2.23. The Labute approximate surface area is 100 Å². The van der Waals surface area contributed by atoms with Crippen LogP contribution in [0.2, 0.25) is 0 Å². The van der Waals surface area contributed by atoms with Gasteiger partial charge in [-0.05, 0) is 12.5 Å². The maximum atomic E-state index is 12.0. The van der Waals surface area contributed by atoms with Gasteiger partial charge in [-0.25, -0.2) is 0 Å². The normalized spacial score (nSPS) is 12.8. The summed E-state index contributed by atoms with van der Waals surface area (Å²) in [5, 5.41) is 2.45. The summed E-state index contributed by atoms with van der Waals surface area (Å²) in [6.45, 7) is 5.21. The minimum atomic E-state index is -4.15. The Kier molecular flexibility index (Phi) is 4.20. The molecule has 0 unspecified atom stereocenters. The van der Waals surface area contributed by atoms with Crippen molar-refractivity contribution >= 4 is 0 Å². The molecule has 0 aliphatic rings. The number of alkyl halides is 3. The molecule has 0 aromatic heterocycles. The van der Waals surface area contributed by atoms with E-state index >= 15 is 0 Å². The fourth-order valence-electron chi connectivity index (χ4n) is 1.62. The van der Waals surface area contributed by atoms with Crippen LogP contribution in [0.5, 0.6) is 0 Å². The Hall–Kier alpha value is -1.03. The fourth-order valence-corrected chi connectivity index (χ4v) is 1.62. The first-order valence-electron chi connectivity index (χ1n) is 5.55. The molecule has 0 saturated carbocycles. The first-order valence-corrected chi connectivity index (χ1v) is 5.55. The molecule has 4 heteroatoms. The number of rotatable bonds is 4. The van der Waals surface area contributed by atoms with E-state index in [2.05, 4.69) is 5.32 Å². The molecule has 0 bridgehead atoms. The number of nitrogens with one attached hydrogen (secondary N) is 1. The average Bonchev–Trinajstić information content (AvgIpc) is 2.15. The summed E-state index contributed by atoms with van der Waals surface area (Å²) in [4.78, 5) is 0. The minimum absolute atomic E-state index is 0.301. The van der Waals surface area contributed by atoms with E-state index < -0.39 is 12.7 Å². The zero-order chi connectivity index (χ0) is 13.1. The van der Waals surface area contributed by atoms with Gasteiger partial charge in [0.15, 0.2) is 0 Å². The van der Waals surface area contributed by atoms with Crippen LogP contribution in [0.15, 0.2) is 24.3 Å². The Balaban J connectivity index is 2.59.